The number of hydrogen-bond donors (Lipinski definition) is 2. The molecule has 2 N–H and O–H groups in total. The van der Waals surface area contributed by atoms with Gasteiger partial charge in [0.1, 0.15) is 0 Å². The number of carbonyl (C=O) groups is 1. The van der Waals surface area contributed by atoms with E-state index in [9.17, 15) is 4.79 Å². The summed E-state index contributed by atoms with van der Waals surface area (Å²) in [5.41, 5.74) is 0.944. The summed E-state index contributed by atoms with van der Waals surface area (Å²) >= 11 is 0. The van der Waals surface area contributed by atoms with Gasteiger partial charge in [0, 0.05) is 18.8 Å². The summed E-state index contributed by atoms with van der Waals surface area (Å²) in [5, 5.41) is 11.9. The van der Waals surface area contributed by atoms with Crippen molar-refractivity contribution in [3.8, 4) is 0 Å². The molecule has 0 aliphatic rings. The van der Waals surface area contributed by atoms with Crippen molar-refractivity contribution in [1.82, 2.24) is 9.97 Å². The summed E-state index contributed by atoms with van der Waals surface area (Å²) in [6.45, 7) is 5.84. The first kappa shape index (κ1) is 14.4. The maximum atomic E-state index is 11.5. The second kappa shape index (κ2) is 6.90. The monoisotopic (exact) mass is 253 g/mol. The summed E-state index contributed by atoms with van der Waals surface area (Å²) in [7, 11) is 0. The minimum Gasteiger partial charge on any atom is -0.462 e. The van der Waals surface area contributed by atoms with Crippen LogP contribution in [0, 0.1) is 6.92 Å². The van der Waals surface area contributed by atoms with Gasteiger partial charge < -0.3 is 15.2 Å². The van der Waals surface area contributed by atoms with Crippen molar-refractivity contribution in [3.63, 3.8) is 0 Å². The quantitative estimate of drug-likeness (QED) is 0.740. The van der Waals surface area contributed by atoms with Gasteiger partial charge in [0.05, 0.1) is 17.9 Å². The van der Waals surface area contributed by atoms with Crippen LogP contribution in [-0.4, -0.2) is 40.3 Å². The molecule has 0 aliphatic heterocycles. The van der Waals surface area contributed by atoms with E-state index in [1.165, 1.54) is 6.20 Å². The Labute approximate surface area is 106 Å². The molecule has 0 saturated heterocycles. The van der Waals surface area contributed by atoms with E-state index in [1.54, 1.807) is 13.8 Å². The highest BCUT2D eigenvalue weighted by Gasteiger charge is 2.13. The molecule has 1 aromatic rings. The first-order valence-corrected chi connectivity index (χ1v) is 5.96. The maximum Gasteiger partial charge on any atom is 0.341 e. The van der Waals surface area contributed by atoms with Gasteiger partial charge >= 0.3 is 5.97 Å². The first-order valence-electron chi connectivity index (χ1n) is 5.96. The minimum atomic E-state index is -0.412. The third kappa shape index (κ3) is 3.96. The second-order valence-corrected chi connectivity index (χ2v) is 3.97. The number of carbonyl (C=O) groups excluding carboxylic acids is 1. The third-order valence-corrected chi connectivity index (χ3v) is 2.41. The van der Waals surface area contributed by atoms with E-state index in [1.807, 2.05) is 6.92 Å². The van der Waals surface area contributed by atoms with E-state index < -0.39 is 5.97 Å². The highest BCUT2D eigenvalue weighted by Crippen LogP contribution is 2.10. The lowest BCUT2D eigenvalue weighted by Gasteiger charge is -2.13. The first-order chi connectivity index (χ1) is 8.58. The van der Waals surface area contributed by atoms with E-state index in [-0.39, 0.29) is 12.6 Å². The Morgan fingerprint density at radius 3 is 2.89 bits per heavy atom. The molecule has 0 spiro atoms. The molecular formula is C12H19N3O3. The largest absolute Gasteiger partial charge is 0.462 e. The summed E-state index contributed by atoms with van der Waals surface area (Å²) in [6, 6.07) is 0.0721. The predicted molar refractivity (Wildman–Crippen MR) is 67.5 cm³/mol. The van der Waals surface area contributed by atoms with Crippen molar-refractivity contribution in [2.45, 2.75) is 33.2 Å². The lowest BCUT2D eigenvalue weighted by Crippen LogP contribution is -2.19. The summed E-state index contributed by atoms with van der Waals surface area (Å²) < 4.78 is 4.90. The zero-order chi connectivity index (χ0) is 13.5. The molecular weight excluding hydrogens is 234 g/mol. The zero-order valence-electron chi connectivity index (χ0n) is 10.9. The molecule has 1 rings (SSSR count). The van der Waals surface area contributed by atoms with Crippen LogP contribution in [0.25, 0.3) is 0 Å². The highest BCUT2D eigenvalue weighted by atomic mass is 16.5. The molecule has 0 amide bonds. The number of esters is 1. The van der Waals surface area contributed by atoms with Crippen LogP contribution in [0.1, 0.15) is 36.3 Å². The summed E-state index contributed by atoms with van der Waals surface area (Å²) in [5.74, 6) is 0.0338. The van der Waals surface area contributed by atoms with Crippen molar-refractivity contribution in [2.75, 3.05) is 18.5 Å². The average molecular weight is 253 g/mol. The molecule has 1 unspecified atom stereocenters. The van der Waals surface area contributed by atoms with Crippen LogP contribution < -0.4 is 5.32 Å². The fourth-order valence-corrected chi connectivity index (χ4v) is 1.43. The van der Waals surface area contributed by atoms with Crippen molar-refractivity contribution in [2.24, 2.45) is 0 Å². The lowest BCUT2D eigenvalue weighted by atomic mass is 10.2. The molecule has 0 aliphatic carbocycles. The number of hydrogen-bond acceptors (Lipinski definition) is 6. The minimum absolute atomic E-state index is 0.0721. The Balaban J connectivity index is 2.76. The maximum absolute atomic E-state index is 11.5. The van der Waals surface area contributed by atoms with E-state index in [4.69, 9.17) is 9.84 Å². The summed E-state index contributed by atoms with van der Waals surface area (Å²) in [6.07, 6.45) is 2.07. The van der Waals surface area contributed by atoms with Gasteiger partial charge in [0.25, 0.3) is 0 Å². The van der Waals surface area contributed by atoms with Crippen molar-refractivity contribution in [1.29, 1.82) is 0 Å². The van der Waals surface area contributed by atoms with Crippen LogP contribution in [0.2, 0.25) is 0 Å². The Hall–Kier alpha value is -1.69. The third-order valence-electron chi connectivity index (χ3n) is 2.41. The van der Waals surface area contributed by atoms with Crippen molar-refractivity contribution < 1.29 is 14.6 Å². The topological polar surface area (TPSA) is 84.3 Å². The number of rotatable bonds is 6. The number of ether oxygens (including phenoxy) is 1. The number of aliphatic hydroxyl groups excluding tert-OH is 1. The van der Waals surface area contributed by atoms with Crippen LogP contribution in [0.4, 0.5) is 5.95 Å². The van der Waals surface area contributed by atoms with Gasteiger partial charge in [-0.2, -0.15) is 0 Å². The van der Waals surface area contributed by atoms with Crippen LogP contribution in [0.3, 0.4) is 0 Å². The molecule has 0 aromatic carbocycles. The zero-order valence-corrected chi connectivity index (χ0v) is 10.9. The van der Waals surface area contributed by atoms with E-state index >= 15 is 0 Å². The van der Waals surface area contributed by atoms with Gasteiger partial charge in [-0.25, -0.2) is 14.8 Å². The Morgan fingerprint density at radius 2 is 2.33 bits per heavy atom. The molecule has 1 atom stereocenters. The van der Waals surface area contributed by atoms with Crippen LogP contribution in [0.5, 0.6) is 0 Å². The standard InChI is InChI=1S/C12H19N3O3/c1-4-18-11(17)10-7-13-12(15-9(10)3)14-8(2)5-6-16/h7-8,16H,4-6H2,1-3H3,(H,13,14,15). The molecule has 6 nitrogen and oxygen atoms in total. The molecule has 100 valence electrons. The molecule has 6 heteroatoms. The molecule has 0 saturated carbocycles. The van der Waals surface area contributed by atoms with Gasteiger partial charge in [-0.1, -0.05) is 0 Å². The average Bonchev–Trinajstić information content (AvgIpc) is 2.29. The Kier molecular flexibility index (Phi) is 5.51. The van der Waals surface area contributed by atoms with Gasteiger partial charge in [-0.3, -0.25) is 0 Å². The molecule has 0 fully saturated rings. The van der Waals surface area contributed by atoms with Gasteiger partial charge in [-0.15, -0.1) is 0 Å². The number of aromatic nitrogens is 2. The van der Waals surface area contributed by atoms with E-state index in [2.05, 4.69) is 15.3 Å². The number of anilines is 1. The van der Waals surface area contributed by atoms with Crippen LogP contribution >= 0.6 is 0 Å². The smallest absolute Gasteiger partial charge is 0.341 e. The number of nitrogens with one attached hydrogen (secondary N) is 1. The van der Waals surface area contributed by atoms with E-state index in [0.717, 1.165) is 0 Å². The molecule has 0 radical (unpaired) electrons. The number of nitrogens with zero attached hydrogens (tertiary/aromatic N) is 2. The van der Waals surface area contributed by atoms with Gasteiger partial charge in [0.15, 0.2) is 0 Å². The Bertz CT molecular complexity index is 410. The summed E-state index contributed by atoms with van der Waals surface area (Å²) in [4.78, 5) is 19.8. The van der Waals surface area contributed by atoms with Gasteiger partial charge in [0.2, 0.25) is 5.95 Å². The SMILES string of the molecule is CCOC(=O)c1cnc(NC(C)CCO)nc1C. The normalized spacial score (nSPS) is 12.0. The molecule has 18 heavy (non-hydrogen) atoms. The van der Waals surface area contributed by atoms with Gasteiger partial charge in [-0.05, 0) is 27.2 Å². The molecule has 0 bridgehead atoms. The fourth-order valence-electron chi connectivity index (χ4n) is 1.43. The van der Waals surface area contributed by atoms with Crippen LogP contribution in [0.15, 0.2) is 6.20 Å². The van der Waals surface area contributed by atoms with Crippen molar-refractivity contribution in [3.05, 3.63) is 17.5 Å². The Morgan fingerprint density at radius 1 is 1.61 bits per heavy atom. The predicted octanol–water partition coefficient (Wildman–Crippen LogP) is 1.14. The molecule has 1 aromatic heterocycles. The second-order valence-electron chi connectivity index (χ2n) is 3.97. The fraction of sp³-hybridized carbons (Fsp3) is 0.583. The van der Waals surface area contributed by atoms with Crippen LogP contribution in [-0.2, 0) is 4.74 Å². The van der Waals surface area contributed by atoms with E-state index in [0.29, 0.717) is 30.2 Å². The number of aliphatic hydroxyl groups is 1. The lowest BCUT2D eigenvalue weighted by molar-refractivity contribution is 0.0524. The highest BCUT2D eigenvalue weighted by molar-refractivity contribution is 5.90. The van der Waals surface area contributed by atoms with Crippen molar-refractivity contribution >= 4 is 11.9 Å². The number of aryl methyl sites for hydroxylation is 1. The molecule has 1 heterocycles.